The second-order valence-corrected chi connectivity index (χ2v) is 6.38. The maximum atomic E-state index is 5.77. The molecule has 0 radical (unpaired) electrons. The van der Waals surface area contributed by atoms with Crippen molar-refractivity contribution in [2.75, 3.05) is 6.61 Å². The number of ether oxygens (including phenoxy) is 1. The number of nitrogens with zero attached hydrogens (tertiary/aromatic N) is 1. The molecule has 2 heteroatoms. The number of aryl methyl sites for hydroxylation is 1. The minimum absolute atomic E-state index is 0.788. The van der Waals surface area contributed by atoms with Gasteiger partial charge in [-0.1, -0.05) is 55.7 Å². The average Bonchev–Trinajstić information content (AvgIpc) is 2.67. The SMILES string of the molecule is CCCCCOc1ccc(-c2ccc(-c3ccc(C)cc3)cn2)cc1. The van der Waals surface area contributed by atoms with Crippen LogP contribution in [0.5, 0.6) is 5.75 Å². The lowest BCUT2D eigenvalue weighted by atomic mass is 10.0. The van der Waals surface area contributed by atoms with E-state index in [1.54, 1.807) is 0 Å². The van der Waals surface area contributed by atoms with Crippen LogP contribution in [0.25, 0.3) is 22.4 Å². The first-order valence-electron chi connectivity index (χ1n) is 9.02. The molecule has 3 rings (SSSR count). The van der Waals surface area contributed by atoms with E-state index in [2.05, 4.69) is 67.4 Å². The van der Waals surface area contributed by atoms with Crippen LogP contribution in [-0.2, 0) is 0 Å². The highest BCUT2D eigenvalue weighted by atomic mass is 16.5. The van der Waals surface area contributed by atoms with Crippen LogP contribution in [0.2, 0.25) is 0 Å². The molecule has 0 amide bonds. The molecule has 128 valence electrons. The molecule has 0 atom stereocenters. The van der Waals surface area contributed by atoms with Gasteiger partial charge in [-0.15, -0.1) is 0 Å². The quantitative estimate of drug-likeness (QED) is 0.474. The summed E-state index contributed by atoms with van der Waals surface area (Å²) in [6, 6.07) is 20.9. The summed E-state index contributed by atoms with van der Waals surface area (Å²) in [5.74, 6) is 0.927. The van der Waals surface area contributed by atoms with Crippen molar-refractivity contribution < 1.29 is 4.74 Å². The predicted molar refractivity (Wildman–Crippen MR) is 105 cm³/mol. The lowest BCUT2D eigenvalue weighted by Gasteiger charge is -2.07. The summed E-state index contributed by atoms with van der Waals surface area (Å²) in [6.07, 6.45) is 5.48. The van der Waals surface area contributed by atoms with Crippen LogP contribution in [0.4, 0.5) is 0 Å². The van der Waals surface area contributed by atoms with E-state index in [0.717, 1.165) is 35.6 Å². The van der Waals surface area contributed by atoms with E-state index in [9.17, 15) is 0 Å². The van der Waals surface area contributed by atoms with Crippen molar-refractivity contribution in [3.63, 3.8) is 0 Å². The van der Waals surface area contributed by atoms with E-state index in [0.29, 0.717) is 0 Å². The Kier molecular flexibility index (Phi) is 5.84. The molecule has 0 saturated heterocycles. The van der Waals surface area contributed by atoms with Crippen LogP contribution in [-0.4, -0.2) is 11.6 Å². The number of hydrogen-bond acceptors (Lipinski definition) is 2. The van der Waals surface area contributed by atoms with Gasteiger partial charge in [-0.25, -0.2) is 0 Å². The molecule has 0 N–H and O–H groups in total. The first kappa shape index (κ1) is 17.2. The van der Waals surface area contributed by atoms with E-state index in [4.69, 9.17) is 4.74 Å². The lowest BCUT2D eigenvalue weighted by molar-refractivity contribution is 0.306. The summed E-state index contributed by atoms with van der Waals surface area (Å²) in [7, 11) is 0. The molecule has 1 aromatic heterocycles. The molecule has 0 aliphatic rings. The fraction of sp³-hybridized carbons (Fsp3) is 0.261. The van der Waals surface area contributed by atoms with E-state index >= 15 is 0 Å². The Labute approximate surface area is 150 Å². The van der Waals surface area contributed by atoms with Crippen molar-refractivity contribution in [2.24, 2.45) is 0 Å². The van der Waals surface area contributed by atoms with Gasteiger partial charge in [0, 0.05) is 17.3 Å². The zero-order chi connectivity index (χ0) is 17.5. The Morgan fingerprint density at radius 3 is 2.08 bits per heavy atom. The number of benzene rings is 2. The molecule has 1 heterocycles. The topological polar surface area (TPSA) is 22.1 Å². The first-order chi connectivity index (χ1) is 12.3. The zero-order valence-electron chi connectivity index (χ0n) is 15.0. The Hall–Kier alpha value is -2.61. The average molecular weight is 331 g/mol. The maximum absolute atomic E-state index is 5.77. The number of pyridine rings is 1. The Bertz CT molecular complexity index is 774. The standard InChI is InChI=1S/C23H25NO/c1-3-4-5-16-25-22-13-10-20(11-14-22)23-15-12-21(17-24-23)19-8-6-18(2)7-9-19/h6-15,17H,3-5,16H2,1-2H3. The molecule has 0 fully saturated rings. The van der Waals surface area contributed by atoms with Crippen LogP contribution in [0.3, 0.4) is 0 Å². The highest BCUT2D eigenvalue weighted by Crippen LogP contribution is 2.24. The fourth-order valence-electron chi connectivity index (χ4n) is 2.75. The number of rotatable bonds is 7. The molecule has 2 aromatic carbocycles. The second kappa shape index (κ2) is 8.48. The number of hydrogen-bond donors (Lipinski definition) is 0. The molecule has 3 aromatic rings. The van der Waals surface area contributed by atoms with Gasteiger partial charge in [0.2, 0.25) is 0 Å². The molecule has 25 heavy (non-hydrogen) atoms. The Morgan fingerprint density at radius 1 is 0.760 bits per heavy atom. The van der Waals surface area contributed by atoms with Crippen molar-refractivity contribution in [3.05, 3.63) is 72.4 Å². The monoisotopic (exact) mass is 331 g/mol. The van der Waals surface area contributed by atoms with Gasteiger partial charge < -0.3 is 4.74 Å². The van der Waals surface area contributed by atoms with Crippen LogP contribution >= 0.6 is 0 Å². The van der Waals surface area contributed by atoms with Gasteiger partial charge in [-0.2, -0.15) is 0 Å². The Balaban J connectivity index is 1.66. The minimum atomic E-state index is 0.788. The van der Waals surface area contributed by atoms with Crippen LogP contribution < -0.4 is 4.74 Å². The molecule has 0 aliphatic heterocycles. The molecule has 0 bridgehead atoms. The van der Waals surface area contributed by atoms with E-state index in [-0.39, 0.29) is 0 Å². The van der Waals surface area contributed by atoms with Crippen LogP contribution in [0.1, 0.15) is 31.7 Å². The molecule has 0 aliphatic carbocycles. The first-order valence-corrected chi connectivity index (χ1v) is 9.02. The van der Waals surface area contributed by atoms with Gasteiger partial charge in [0.1, 0.15) is 5.75 Å². The van der Waals surface area contributed by atoms with Crippen molar-refractivity contribution in [1.82, 2.24) is 4.98 Å². The van der Waals surface area contributed by atoms with Gasteiger partial charge in [-0.05, 0) is 49.2 Å². The summed E-state index contributed by atoms with van der Waals surface area (Å²) in [5.41, 5.74) is 5.69. The van der Waals surface area contributed by atoms with Crippen LogP contribution in [0, 0.1) is 6.92 Å². The molecular formula is C23H25NO. The molecule has 0 saturated carbocycles. The van der Waals surface area contributed by atoms with Crippen molar-refractivity contribution in [1.29, 1.82) is 0 Å². The molecule has 0 spiro atoms. The van der Waals surface area contributed by atoms with Crippen molar-refractivity contribution in [3.8, 4) is 28.1 Å². The summed E-state index contributed by atoms with van der Waals surface area (Å²) >= 11 is 0. The van der Waals surface area contributed by atoms with Crippen molar-refractivity contribution >= 4 is 0 Å². The Morgan fingerprint density at radius 2 is 1.44 bits per heavy atom. The number of aromatic nitrogens is 1. The highest BCUT2D eigenvalue weighted by Gasteiger charge is 2.03. The minimum Gasteiger partial charge on any atom is -0.494 e. The maximum Gasteiger partial charge on any atom is 0.119 e. The van der Waals surface area contributed by atoms with E-state index in [1.165, 1.54) is 24.0 Å². The lowest BCUT2D eigenvalue weighted by Crippen LogP contribution is -1.96. The molecule has 0 unspecified atom stereocenters. The third-order valence-corrected chi connectivity index (χ3v) is 4.32. The second-order valence-electron chi connectivity index (χ2n) is 6.38. The summed E-state index contributed by atoms with van der Waals surface area (Å²) in [5, 5.41) is 0. The molecular weight excluding hydrogens is 306 g/mol. The van der Waals surface area contributed by atoms with Gasteiger partial charge in [0.25, 0.3) is 0 Å². The normalized spacial score (nSPS) is 10.6. The number of unbranched alkanes of at least 4 members (excludes halogenated alkanes) is 2. The van der Waals surface area contributed by atoms with Gasteiger partial charge in [-0.3, -0.25) is 4.98 Å². The summed E-state index contributed by atoms with van der Waals surface area (Å²) in [6.45, 7) is 5.09. The fourth-order valence-corrected chi connectivity index (χ4v) is 2.75. The van der Waals surface area contributed by atoms with Gasteiger partial charge in [0.15, 0.2) is 0 Å². The van der Waals surface area contributed by atoms with E-state index < -0.39 is 0 Å². The van der Waals surface area contributed by atoms with Crippen molar-refractivity contribution in [2.45, 2.75) is 33.1 Å². The van der Waals surface area contributed by atoms with Crippen LogP contribution in [0.15, 0.2) is 66.9 Å². The van der Waals surface area contributed by atoms with E-state index in [1.807, 2.05) is 18.3 Å². The highest BCUT2D eigenvalue weighted by molar-refractivity contribution is 5.67. The van der Waals surface area contributed by atoms with Gasteiger partial charge >= 0.3 is 0 Å². The summed E-state index contributed by atoms with van der Waals surface area (Å²) in [4.78, 5) is 4.62. The smallest absolute Gasteiger partial charge is 0.119 e. The largest absolute Gasteiger partial charge is 0.494 e. The van der Waals surface area contributed by atoms with Gasteiger partial charge in [0.05, 0.1) is 12.3 Å². The zero-order valence-corrected chi connectivity index (χ0v) is 15.0. The molecule has 2 nitrogen and oxygen atoms in total. The third kappa shape index (κ3) is 4.69. The predicted octanol–water partition coefficient (Wildman–Crippen LogP) is 6.29. The third-order valence-electron chi connectivity index (χ3n) is 4.32. The summed E-state index contributed by atoms with van der Waals surface area (Å²) < 4.78 is 5.77.